The van der Waals surface area contributed by atoms with E-state index in [9.17, 15) is 14.9 Å². The van der Waals surface area contributed by atoms with Gasteiger partial charge in [0.25, 0.3) is 0 Å². The molecule has 0 atom stereocenters. The molecule has 0 aliphatic heterocycles. The number of carboxylic acids is 1. The number of nitrogens with zero attached hydrogens (tertiary/aromatic N) is 1. The number of anilines is 1. The number of ether oxygens (including phenoxy) is 1. The lowest BCUT2D eigenvalue weighted by molar-refractivity contribution is -0.384. The molecule has 0 spiro atoms. The van der Waals surface area contributed by atoms with Gasteiger partial charge in [-0.15, -0.1) is 0 Å². The van der Waals surface area contributed by atoms with Gasteiger partial charge in [-0.05, 0) is 25.0 Å². The van der Waals surface area contributed by atoms with Crippen LogP contribution in [0.4, 0.5) is 11.4 Å². The molecular weight excluding hydrogens is 276 g/mol. The van der Waals surface area contributed by atoms with Gasteiger partial charge < -0.3 is 15.2 Å². The highest BCUT2D eigenvalue weighted by atomic mass is 16.6. The van der Waals surface area contributed by atoms with E-state index in [0.717, 1.165) is 12.8 Å². The van der Waals surface area contributed by atoms with Gasteiger partial charge in [0.1, 0.15) is 11.3 Å². The lowest BCUT2D eigenvalue weighted by Gasteiger charge is -2.12. The quantitative estimate of drug-likeness (QED) is 0.455. The molecule has 0 radical (unpaired) electrons. The Morgan fingerprint density at radius 1 is 1.43 bits per heavy atom. The normalized spacial score (nSPS) is 15.0. The third kappa shape index (κ3) is 3.91. The molecule has 0 aromatic heterocycles. The van der Waals surface area contributed by atoms with Crippen LogP contribution in [0.5, 0.6) is 0 Å². The van der Waals surface area contributed by atoms with Gasteiger partial charge >= 0.3 is 11.7 Å². The summed E-state index contributed by atoms with van der Waals surface area (Å²) >= 11 is 0. The Morgan fingerprint density at radius 2 is 2.14 bits per heavy atom. The summed E-state index contributed by atoms with van der Waals surface area (Å²) in [5.74, 6) is -1.31. The number of aromatic carboxylic acids is 1. The van der Waals surface area contributed by atoms with Crippen LogP contribution in [0, 0.1) is 10.1 Å². The molecule has 1 aliphatic rings. The van der Waals surface area contributed by atoms with E-state index < -0.39 is 16.6 Å². The highest BCUT2D eigenvalue weighted by Gasteiger charge is 2.24. The number of benzene rings is 1. The summed E-state index contributed by atoms with van der Waals surface area (Å²) in [6.07, 6.45) is 4.78. The number of hydrogen-bond donors (Lipinski definition) is 2. The Labute approximate surface area is 122 Å². The van der Waals surface area contributed by atoms with Crippen LogP contribution in [0.15, 0.2) is 18.2 Å². The minimum absolute atomic E-state index is 0.204. The number of nitro benzene ring substituents is 1. The van der Waals surface area contributed by atoms with Crippen LogP contribution in [-0.4, -0.2) is 35.3 Å². The summed E-state index contributed by atoms with van der Waals surface area (Å²) < 4.78 is 5.65. The molecule has 0 unspecified atom stereocenters. The van der Waals surface area contributed by atoms with Crippen molar-refractivity contribution in [3.05, 3.63) is 33.9 Å². The fraction of sp³-hybridized carbons (Fsp3) is 0.500. The molecule has 0 heterocycles. The summed E-state index contributed by atoms with van der Waals surface area (Å²) in [6, 6.07) is 4.21. The second-order valence-corrected chi connectivity index (χ2v) is 4.97. The fourth-order valence-electron chi connectivity index (χ4n) is 2.52. The van der Waals surface area contributed by atoms with E-state index >= 15 is 0 Å². The van der Waals surface area contributed by atoms with Crippen molar-refractivity contribution in [2.24, 2.45) is 0 Å². The zero-order chi connectivity index (χ0) is 15.2. The molecule has 7 nitrogen and oxygen atoms in total. The molecule has 1 aromatic carbocycles. The maximum atomic E-state index is 11.1. The first kappa shape index (κ1) is 15.2. The topological polar surface area (TPSA) is 102 Å². The minimum Gasteiger partial charge on any atom is -0.477 e. The average Bonchev–Trinajstić information content (AvgIpc) is 2.96. The Kier molecular flexibility index (Phi) is 5.10. The summed E-state index contributed by atoms with van der Waals surface area (Å²) in [4.78, 5) is 21.4. The first-order valence-corrected chi connectivity index (χ1v) is 6.95. The van der Waals surface area contributed by atoms with Gasteiger partial charge in [0.2, 0.25) is 0 Å². The number of nitrogens with one attached hydrogen (secondary N) is 1. The van der Waals surface area contributed by atoms with Crippen molar-refractivity contribution in [1.82, 2.24) is 0 Å². The van der Waals surface area contributed by atoms with Crippen LogP contribution >= 0.6 is 0 Å². The summed E-state index contributed by atoms with van der Waals surface area (Å²) in [7, 11) is 0. The van der Waals surface area contributed by atoms with Crippen LogP contribution in [-0.2, 0) is 4.74 Å². The molecule has 1 saturated carbocycles. The molecule has 0 bridgehead atoms. The highest BCUT2D eigenvalue weighted by molar-refractivity contribution is 5.95. The van der Waals surface area contributed by atoms with E-state index in [-0.39, 0.29) is 17.4 Å². The van der Waals surface area contributed by atoms with Gasteiger partial charge in [-0.3, -0.25) is 10.1 Å². The van der Waals surface area contributed by atoms with Gasteiger partial charge in [-0.25, -0.2) is 4.79 Å². The summed E-state index contributed by atoms with van der Waals surface area (Å²) in [5, 5.41) is 22.9. The van der Waals surface area contributed by atoms with E-state index in [1.165, 1.54) is 31.0 Å². The van der Waals surface area contributed by atoms with Crippen molar-refractivity contribution in [2.75, 3.05) is 18.5 Å². The second-order valence-electron chi connectivity index (χ2n) is 4.97. The van der Waals surface area contributed by atoms with Crippen LogP contribution < -0.4 is 5.32 Å². The van der Waals surface area contributed by atoms with Gasteiger partial charge in [-0.2, -0.15) is 0 Å². The number of hydrogen-bond acceptors (Lipinski definition) is 5. The Morgan fingerprint density at radius 3 is 2.76 bits per heavy atom. The third-order valence-corrected chi connectivity index (χ3v) is 3.52. The number of rotatable bonds is 7. The maximum absolute atomic E-state index is 11.1. The van der Waals surface area contributed by atoms with Crippen LogP contribution in [0.1, 0.15) is 36.0 Å². The predicted octanol–water partition coefficient (Wildman–Crippen LogP) is 2.66. The second kappa shape index (κ2) is 7.03. The Bertz CT molecular complexity index is 526. The third-order valence-electron chi connectivity index (χ3n) is 3.52. The van der Waals surface area contributed by atoms with E-state index in [2.05, 4.69) is 5.32 Å². The number of carbonyl (C=O) groups is 1. The van der Waals surface area contributed by atoms with Crippen LogP contribution in [0.2, 0.25) is 0 Å². The monoisotopic (exact) mass is 294 g/mol. The van der Waals surface area contributed by atoms with Crippen molar-refractivity contribution in [3.63, 3.8) is 0 Å². The van der Waals surface area contributed by atoms with Crippen molar-refractivity contribution < 1.29 is 19.6 Å². The lowest BCUT2D eigenvalue weighted by Crippen LogP contribution is -2.16. The minimum atomic E-state index is -1.31. The largest absolute Gasteiger partial charge is 0.477 e. The van der Waals surface area contributed by atoms with E-state index in [1.807, 2.05) is 0 Å². The molecule has 114 valence electrons. The van der Waals surface area contributed by atoms with Crippen molar-refractivity contribution in [2.45, 2.75) is 31.8 Å². The standard InChI is InChI=1S/C14H18N2O5/c17-14(18)11-6-3-7-12(13(11)16(19)20)15-8-9-21-10-4-1-2-5-10/h3,6-7,10,15H,1-2,4-5,8-9H2,(H,17,18). The zero-order valence-corrected chi connectivity index (χ0v) is 11.6. The molecule has 0 saturated heterocycles. The summed E-state index contributed by atoms with van der Waals surface area (Å²) in [6.45, 7) is 0.847. The molecule has 1 fully saturated rings. The number of nitro groups is 1. The number of carboxylic acid groups (broad SMARTS) is 1. The van der Waals surface area contributed by atoms with Crippen LogP contribution in [0.3, 0.4) is 0 Å². The number of para-hydroxylation sites is 1. The van der Waals surface area contributed by atoms with Crippen molar-refractivity contribution >= 4 is 17.3 Å². The van der Waals surface area contributed by atoms with Gasteiger partial charge in [-0.1, -0.05) is 18.9 Å². The predicted molar refractivity (Wildman–Crippen MR) is 76.8 cm³/mol. The van der Waals surface area contributed by atoms with Gasteiger partial charge in [0, 0.05) is 6.54 Å². The average molecular weight is 294 g/mol. The Hall–Kier alpha value is -2.15. The molecule has 2 N–H and O–H groups in total. The molecule has 1 aliphatic carbocycles. The van der Waals surface area contributed by atoms with Gasteiger partial charge in [0.15, 0.2) is 0 Å². The molecule has 0 amide bonds. The van der Waals surface area contributed by atoms with Crippen LogP contribution in [0.25, 0.3) is 0 Å². The fourth-order valence-corrected chi connectivity index (χ4v) is 2.52. The van der Waals surface area contributed by atoms with Crippen molar-refractivity contribution in [3.8, 4) is 0 Å². The maximum Gasteiger partial charge on any atom is 0.342 e. The van der Waals surface area contributed by atoms with E-state index in [0.29, 0.717) is 13.2 Å². The first-order valence-electron chi connectivity index (χ1n) is 6.95. The molecule has 2 rings (SSSR count). The molecule has 21 heavy (non-hydrogen) atoms. The SMILES string of the molecule is O=C(O)c1cccc(NCCOC2CCCC2)c1[N+](=O)[O-]. The van der Waals surface area contributed by atoms with Gasteiger partial charge in [0.05, 0.1) is 17.6 Å². The smallest absolute Gasteiger partial charge is 0.342 e. The van der Waals surface area contributed by atoms with E-state index in [1.54, 1.807) is 0 Å². The molecule has 7 heteroatoms. The molecular formula is C14H18N2O5. The first-order chi connectivity index (χ1) is 10.1. The summed E-state index contributed by atoms with van der Waals surface area (Å²) in [5.41, 5.74) is -0.525. The lowest BCUT2D eigenvalue weighted by atomic mass is 10.1. The van der Waals surface area contributed by atoms with E-state index in [4.69, 9.17) is 9.84 Å². The Balaban J connectivity index is 1.97. The highest BCUT2D eigenvalue weighted by Crippen LogP contribution is 2.28. The zero-order valence-electron chi connectivity index (χ0n) is 11.6. The van der Waals surface area contributed by atoms with Crippen molar-refractivity contribution in [1.29, 1.82) is 0 Å². The molecule has 1 aromatic rings.